The summed E-state index contributed by atoms with van der Waals surface area (Å²) in [6.45, 7) is 7.67. The second-order valence-electron chi connectivity index (χ2n) is 9.77. The van der Waals surface area contributed by atoms with Crippen molar-refractivity contribution in [2.75, 3.05) is 26.2 Å². The van der Waals surface area contributed by atoms with E-state index < -0.39 is 0 Å². The van der Waals surface area contributed by atoms with Gasteiger partial charge >= 0.3 is 0 Å². The van der Waals surface area contributed by atoms with Crippen molar-refractivity contribution >= 4 is 11.7 Å². The highest BCUT2D eigenvalue weighted by Crippen LogP contribution is 2.27. The minimum Gasteiger partial charge on any atom is -0.491 e. The van der Waals surface area contributed by atoms with Crippen LogP contribution < -0.4 is 4.74 Å². The average Bonchev–Trinajstić information content (AvgIpc) is 3.08. The van der Waals surface area contributed by atoms with Crippen LogP contribution in [0.3, 0.4) is 0 Å². The second-order valence-corrected chi connectivity index (χ2v) is 9.77. The topological polar surface area (TPSA) is 88.8 Å². The number of amides is 1. The Morgan fingerprint density at radius 3 is 2.83 bits per heavy atom. The van der Waals surface area contributed by atoms with Gasteiger partial charge in [-0.15, -0.1) is 0 Å². The number of ether oxygens (including phenoxy) is 1. The molecule has 0 radical (unpaired) electrons. The summed E-state index contributed by atoms with van der Waals surface area (Å²) in [5, 5.41) is 3.97. The molecule has 8 heteroatoms. The Kier molecular flexibility index (Phi) is 7.13. The first-order chi connectivity index (χ1) is 17.5. The lowest BCUT2D eigenvalue weighted by molar-refractivity contribution is -0.131. The van der Waals surface area contributed by atoms with Crippen LogP contribution in [0.15, 0.2) is 47.2 Å². The standard InChI is InChI=1S/C28H32N4O4/c1-19-25(20(2)36-30-19)14-27(33)32-11-12-35-26-8-7-21(13-24(26)18-32)16-31-10-4-6-23(17-31)28(34)22-5-3-9-29-15-22/h3,5,7-9,13,15,23H,4,6,10-12,14,16-18H2,1-2H3/t23-/m0/s1. The number of hydrogen-bond donors (Lipinski definition) is 0. The van der Waals surface area contributed by atoms with E-state index >= 15 is 0 Å². The number of hydrogen-bond acceptors (Lipinski definition) is 7. The van der Waals surface area contributed by atoms with Crippen molar-refractivity contribution in [2.45, 2.75) is 46.2 Å². The Hall–Kier alpha value is -3.52. The highest BCUT2D eigenvalue weighted by Gasteiger charge is 2.27. The number of likely N-dealkylation sites (tertiary alicyclic amines) is 1. The predicted octanol–water partition coefficient (Wildman–Crippen LogP) is 3.75. The molecule has 188 valence electrons. The van der Waals surface area contributed by atoms with Crippen LogP contribution in [0.4, 0.5) is 0 Å². The van der Waals surface area contributed by atoms with Gasteiger partial charge in [-0.25, -0.2) is 0 Å². The molecule has 8 nitrogen and oxygen atoms in total. The summed E-state index contributed by atoms with van der Waals surface area (Å²) in [5.41, 5.74) is 4.48. The molecule has 0 N–H and O–H groups in total. The second kappa shape index (κ2) is 10.6. The molecule has 1 saturated heterocycles. The molecule has 1 atom stereocenters. The van der Waals surface area contributed by atoms with Crippen molar-refractivity contribution in [1.29, 1.82) is 0 Å². The van der Waals surface area contributed by atoms with E-state index in [1.165, 1.54) is 0 Å². The van der Waals surface area contributed by atoms with Gasteiger partial charge < -0.3 is 14.2 Å². The molecule has 0 saturated carbocycles. The van der Waals surface area contributed by atoms with Gasteiger partial charge in [0.15, 0.2) is 5.78 Å². The minimum absolute atomic E-state index is 0.00968. The molecule has 3 aromatic rings. The summed E-state index contributed by atoms with van der Waals surface area (Å²) in [6, 6.07) is 9.90. The number of aromatic nitrogens is 2. The highest BCUT2D eigenvalue weighted by molar-refractivity contribution is 5.97. The number of nitrogens with zero attached hydrogens (tertiary/aromatic N) is 4. The summed E-state index contributed by atoms with van der Waals surface area (Å²) < 4.78 is 11.2. The smallest absolute Gasteiger partial charge is 0.227 e. The lowest BCUT2D eigenvalue weighted by atomic mass is 9.90. The largest absolute Gasteiger partial charge is 0.491 e. The third-order valence-electron chi connectivity index (χ3n) is 7.20. The molecule has 5 rings (SSSR count). The number of ketones is 1. The van der Waals surface area contributed by atoms with E-state index in [4.69, 9.17) is 9.26 Å². The Morgan fingerprint density at radius 1 is 1.17 bits per heavy atom. The van der Waals surface area contributed by atoms with E-state index in [1.807, 2.05) is 36.9 Å². The van der Waals surface area contributed by atoms with Gasteiger partial charge in [-0.05, 0) is 63.1 Å². The van der Waals surface area contributed by atoms with E-state index in [9.17, 15) is 9.59 Å². The third-order valence-corrected chi connectivity index (χ3v) is 7.20. The van der Waals surface area contributed by atoms with Crippen LogP contribution in [0, 0.1) is 19.8 Å². The number of benzene rings is 1. The zero-order chi connectivity index (χ0) is 25.1. The van der Waals surface area contributed by atoms with Gasteiger partial charge in [0.1, 0.15) is 18.1 Å². The Labute approximate surface area is 211 Å². The maximum absolute atomic E-state index is 13.1. The fourth-order valence-corrected chi connectivity index (χ4v) is 5.19. The molecule has 4 heterocycles. The Morgan fingerprint density at radius 2 is 2.06 bits per heavy atom. The highest BCUT2D eigenvalue weighted by atomic mass is 16.5. The van der Waals surface area contributed by atoms with Crippen LogP contribution >= 0.6 is 0 Å². The molecule has 36 heavy (non-hydrogen) atoms. The quantitative estimate of drug-likeness (QED) is 0.488. The Bertz CT molecular complexity index is 1220. The molecule has 1 amide bonds. The van der Waals surface area contributed by atoms with Crippen LogP contribution in [0.2, 0.25) is 0 Å². The first-order valence-corrected chi connectivity index (χ1v) is 12.6. The lowest BCUT2D eigenvalue weighted by Gasteiger charge is -2.32. The summed E-state index contributed by atoms with van der Waals surface area (Å²) in [6.07, 6.45) is 5.53. The number of Topliss-reactive ketones (excluding diaryl/α,β-unsaturated/α-hetero) is 1. The molecule has 0 spiro atoms. The van der Waals surface area contributed by atoms with Gasteiger partial charge in [-0.2, -0.15) is 0 Å². The maximum Gasteiger partial charge on any atom is 0.227 e. The first kappa shape index (κ1) is 24.2. The van der Waals surface area contributed by atoms with Crippen molar-refractivity contribution in [2.24, 2.45) is 5.92 Å². The zero-order valence-corrected chi connectivity index (χ0v) is 20.9. The molecule has 1 aromatic carbocycles. The Balaban J connectivity index is 1.25. The number of pyridine rings is 1. The SMILES string of the molecule is Cc1noc(C)c1CC(=O)N1CCOc2ccc(CN3CCC[C@H](C(=O)c4cccnc4)C3)cc2C1. The number of carbonyl (C=O) groups is 2. The average molecular weight is 489 g/mol. The predicted molar refractivity (Wildman–Crippen MR) is 134 cm³/mol. The van der Waals surface area contributed by atoms with Crippen molar-refractivity contribution in [3.8, 4) is 5.75 Å². The van der Waals surface area contributed by atoms with Gasteiger partial charge in [0.2, 0.25) is 5.91 Å². The van der Waals surface area contributed by atoms with Crippen LogP contribution in [0.25, 0.3) is 0 Å². The molecule has 0 bridgehead atoms. The fourth-order valence-electron chi connectivity index (χ4n) is 5.19. The van der Waals surface area contributed by atoms with Gasteiger partial charge in [-0.1, -0.05) is 11.2 Å². The number of aryl methyl sites for hydroxylation is 2. The molecule has 2 aliphatic rings. The van der Waals surface area contributed by atoms with Crippen molar-refractivity contribution in [1.82, 2.24) is 19.9 Å². The number of piperidine rings is 1. The monoisotopic (exact) mass is 488 g/mol. The maximum atomic E-state index is 13.1. The van der Waals surface area contributed by atoms with E-state index in [2.05, 4.69) is 27.2 Å². The van der Waals surface area contributed by atoms with Gasteiger partial charge in [0.05, 0.1) is 18.7 Å². The van der Waals surface area contributed by atoms with E-state index in [1.54, 1.807) is 12.4 Å². The molecule has 1 fully saturated rings. The number of fused-ring (bicyclic) bond motifs is 1. The first-order valence-electron chi connectivity index (χ1n) is 12.6. The molecule has 2 aliphatic heterocycles. The van der Waals surface area contributed by atoms with E-state index in [-0.39, 0.29) is 24.0 Å². The van der Waals surface area contributed by atoms with Crippen LogP contribution in [-0.2, 0) is 24.3 Å². The molecular weight excluding hydrogens is 456 g/mol. The zero-order valence-electron chi connectivity index (χ0n) is 20.9. The summed E-state index contributed by atoms with van der Waals surface area (Å²) in [5.74, 6) is 1.73. The van der Waals surface area contributed by atoms with E-state index in [0.29, 0.717) is 31.0 Å². The van der Waals surface area contributed by atoms with Crippen molar-refractivity contribution in [3.63, 3.8) is 0 Å². The molecule has 0 unspecified atom stereocenters. The van der Waals surface area contributed by atoms with E-state index in [0.717, 1.165) is 60.6 Å². The fraction of sp³-hybridized carbons (Fsp3) is 0.429. The van der Waals surface area contributed by atoms with Crippen molar-refractivity contribution < 1.29 is 18.8 Å². The normalized spacial score (nSPS) is 18.3. The number of carbonyl (C=O) groups excluding carboxylic acids is 2. The minimum atomic E-state index is -0.00968. The molecular formula is C28H32N4O4. The third kappa shape index (κ3) is 5.33. The summed E-state index contributed by atoms with van der Waals surface area (Å²) in [7, 11) is 0. The summed E-state index contributed by atoms with van der Waals surface area (Å²) in [4.78, 5) is 34.4. The molecule has 0 aliphatic carbocycles. The number of rotatable bonds is 6. The van der Waals surface area contributed by atoms with Gasteiger partial charge in [0, 0.05) is 54.6 Å². The van der Waals surface area contributed by atoms with Crippen LogP contribution in [0.5, 0.6) is 5.75 Å². The van der Waals surface area contributed by atoms with Gasteiger partial charge in [-0.3, -0.25) is 19.5 Å². The van der Waals surface area contributed by atoms with Crippen LogP contribution in [-0.4, -0.2) is 57.9 Å². The van der Waals surface area contributed by atoms with Gasteiger partial charge in [0.25, 0.3) is 0 Å². The van der Waals surface area contributed by atoms with Crippen LogP contribution in [0.1, 0.15) is 51.3 Å². The van der Waals surface area contributed by atoms with Crippen molar-refractivity contribution in [3.05, 3.63) is 76.4 Å². The lowest BCUT2D eigenvalue weighted by Crippen LogP contribution is -2.38. The summed E-state index contributed by atoms with van der Waals surface area (Å²) >= 11 is 0. The molecule has 2 aromatic heterocycles.